The summed E-state index contributed by atoms with van der Waals surface area (Å²) in [6.45, 7) is 4.58. The quantitative estimate of drug-likeness (QED) is 0.438. The van der Waals surface area contributed by atoms with E-state index in [1.165, 1.54) is 7.11 Å². The zero-order chi connectivity index (χ0) is 18.5. The molecule has 3 rings (SSSR count). The Morgan fingerprint density at radius 1 is 1.15 bits per heavy atom. The van der Waals surface area contributed by atoms with E-state index in [1.807, 2.05) is 0 Å². The molecule has 1 saturated heterocycles. The number of morpholine rings is 1. The van der Waals surface area contributed by atoms with Crippen LogP contribution >= 0.6 is 11.6 Å². The van der Waals surface area contributed by atoms with Crippen molar-refractivity contribution in [3.63, 3.8) is 0 Å². The number of ether oxygens (including phenoxy) is 3. The van der Waals surface area contributed by atoms with Crippen molar-refractivity contribution in [3.8, 4) is 5.75 Å². The lowest BCUT2D eigenvalue weighted by Crippen LogP contribution is -2.38. The summed E-state index contributed by atoms with van der Waals surface area (Å²) in [4.78, 5) is 26.2. The molecule has 0 atom stereocenters. The number of hydrogen-bond acceptors (Lipinski definition) is 6. The molecule has 1 aliphatic rings. The molecule has 26 heavy (non-hydrogen) atoms. The van der Waals surface area contributed by atoms with Crippen LogP contribution in [0.3, 0.4) is 0 Å². The van der Waals surface area contributed by atoms with Crippen molar-refractivity contribution in [3.05, 3.63) is 40.9 Å². The van der Waals surface area contributed by atoms with Gasteiger partial charge in [0, 0.05) is 35.6 Å². The van der Waals surface area contributed by atoms with E-state index in [-0.39, 0.29) is 5.56 Å². The van der Waals surface area contributed by atoms with Gasteiger partial charge in [0.2, 0.25) is 0 Å². The van der Waals surface area contributed by atoms with Crippen LogP contribution in [0.2, 0.25) is 5.02 Å². The molecule has 0 radical (unpaired) electrons. The summed E-state index contributed by atoms with van der Waals surface area (Å²) in [7, 11) is 1.18. The van der Waals surface area contributed by atoms with Gasteiger partial charge in [0.15, 0.2) is 0 Å². The highest BCUT2D eigenvalue weighted by atomic mass is 35.5. The maximum Gasteiger partial charge on any atom is 0.379 e. The van der Waals surface area contributed by atoms with Crippen LogP contribution in [-0.4, -0.2) is 63.2 Å². The Balaban J connectivity index is 1.82. The summed E-state index contributed by atoms with van der Waals surface area (Å²) in [5, 5.41) is 1.77. The Labute approximate surface area is 156 Å². The number of nitrogens with zero attached hydrogens (tertiary/aromatic N) is 1. The highest BCUT2D eigenvalue weighted by Crippen LogP contribution is 2.31. The lowest BCUT2D eigenvalue weighted by atomic mass is 10.0. The molecule has 7 heteroatoms. The van der Waals surface area contributed by atoms with E-state index in [0.717, 1.165) is 38.2 Å². The van der Waals surface area contributed by atoms with Gasteiger partial charge in [-0.3, -0.25) is 9.69 Å². The van der Waals surface area contributed by atoms with Crippen LogP contribution in [0.15, 0.2) is 30.3 Å². The Morgan fingerprint density at radius 3 is 2.65 bits per heavy atom. The lowest BCUT2D eigenvalue weighted by Gasteiger charge is -2.26. The largest absolute Gasteiger partial charge is 0.492 e. The third-order valence-electron chi connectivity index (χ3n) is 4.32. The molecule has 138 valence electrons. The van der Waals surface area contributed by atoms with Crippen LogP contribution in [0.5, 0.6) is 5.75 Å². The van der Waals surface area contributed by atoms with Gasteiger partial charge in [-0.2, -0.15) is 0 Å². The first-order chi connectivity index (χ1) is 12.6. The number of Topliss-reactive ketones (excluding diaryl/α,β-unsaturated/α-hetero) is 1. The summed E-state index contributed by atoms with van der Waals surface area (Å²) in [6, 6.07) is 8.44. The minimum Gasteiger partial charge on any atom is -0.492 e. The molecule has 1 heterocycles. The zero-order valence-corrected chi connectivity index (χ0v) is 15.3. The summed E-state index contributed by atoms with van der Waals surface area (Å²) < 4.78 is 15.8. The van der Waals surface area contributed by atoms with Gasteiger partial charge in [0.1, 0.15) is 12.4 Å². The Kier molecular flexibility index (Phi) is 6.08. The highest BCUT2D eigenvalue weighted by molar-refractivity contribution is 6.43. The van der Waals surface area contributed by atoms with Crippen molar-refractivity contribution < 1.29 is 23.8 Å². The van der Waals surface area contributed by atoms with Gasteiger partial charge in [-0.15, -0.1) is 0 Å². The smallest absolute Gasteiger partial charge is 0.379 e. The number of benzene rings is 2. The first-order valence-electron chi connectivity index (χ1n) is 8.38. The molecule has 6 nitrogen and oxygen atoms in total. The standard InChI is InChI=1S/C19H20ClNO5/c1-24-19(23)18(22)15-4-5-17(14-3-2-13(20)12-16(14)15)26-11-8-21-6-9-25-10-7-21/h2-5,12H,6-11H2,1H3. The molecule has 2 aromatic carbocycles. The fourth-order valence-corrected chi connectivity index (χ4v) is 3.10. The molecule has 0 saturated carbocycles. The highest BCUT2D eigenvalue weighted by Gasteiger charge is 2.21. The van der Waals surface area contributed by atoms with E-state index in [4.69, 9.17) is 21.1 Å². The molecule has 0 aromatic heterocycles. The van der Waals surface area contributed by atoms with E-state index in [2.05, 4.69) is 9.64 Å². The number of halogens is 1. The summed E-state index contributed by atoms with van der Waals surface area (Å²) in [6.07, 6.45) is 0. The van der Waals surface area contributed by atoms with Crippen molar-refractivity contribution in [1.29, 1.82) is 0 Å². The normalized spacial score (nSPS) is 15.0. The molecule has 2 aromatic rings. The van der Waals surface area contributed by atoms with E-state index in [9.17, 15) is 9.59 Å². The molecular weight excluding hydrogens is 358 g/mol. The molecule has 0 N–H and O–H groups in total. The molecule has 0 unspecified atom stereocenters. The Hall–Kier alpha value is -2.15. The number of esters is 1. The predicted octanol–water partition coefficient (Wildman–Crippen LogP) is 2.56. The number of carbonyl (C=O) groups excluding carboxylic acids is 2. The van der Waals surface area contributed by atoms with E-state index in [1.54, 1.807) is 30.3 Å². The molecule has 0 amide bonds. The Morgan fingerprint density at radius 2 is 1.92 bits per heavy atom. The molecule has 0 spiro atoms. The van der Waals surface area contributed by atoms with Crippen LogP contribution in [0, 0.1) is 0 Å². The number of carbonyl (C=O) groups is 2. The van der Waals surface area contributed by atoms with Crippen molar-refractivity contribution in [2.45, 2.75) is 0 Å². The Bertz CT molecular complexity index is 817. The van der Waals surface area contributed by atoms with Gasteiger partial charge in [0.25, 0.3) is 5.78 Å². The maximum atomic E-state index is 12.3. The van der Waals surface area contributed by atoms with Crippen LogP contribution in [0.25, 0.3) is 10.8 Å². The first-order valence-corrected chi connectivity index (χ1v) is 8.76. The molecule has 1 aliphatic heterocycles. The topological polar surface area (TPSA) is 65.1 Å². The van der Waals surface area contributed by atoms with Crippen molar-refractivity contribution in [2.24, 2.45) is 0 Å². The van der Waals surface area contributed by atoms with Crippen molar-refractivity contribution in [1.82, 2.24) is 4.90 Å². The fraction of sp³-hybridized carbons (Fsp3) is 0.368. The number of methoxy groups -OCH3 is 1. The number of fused-ring (bicyclic) bond motifs is 1. The van der Waals surface area contributed by atoms with Gasteiger partial charge in [-0.1, -0.05) is 11.6 Å². The third-order valence-corrected chi connectivity index (χ3v) is 4.56. The van der Waals surface area contributed by atoms with Crippen LogP contribution in [0.4, 0.5) is 0 Å². The fourth-order valence-electron chi connectivity index (χ4n) is 2.93. The third kappa shape index (κ3) is 4.15. The average molecular weight is 378 g/mol. The van der Waals surface area contributed by atoms with Gasteiger partial charge in [0.05, 0.1) is 20.3 Å². The van der Waals surface area contributed by atoms with Gasteiger partial charge in [-0.25, -0.2) is 4.79 Å². The summed E-state index contributed by atoms with van der Waals surface area (Å²) in [5.74, 6) is -0.974. The van der Waals surface area contributed by atoms with Gasteiger partial charge >= 0.3 is 5.97 Å². The van der Waals surface area contributed by atoms with E-state index >= 15 is 0 Å². The lowest BCUT2D eigenvalue weighted by molar-refractivity contribution is -0.135. The van der Waals surface area contributed by atoms with Crippen molar-refractivity contribution >= 4 is 34.1 Å². The summed E-state index contributed by atoms with van der Waals surface area (Å²) >= 11 is 6.08. The number of ketones is 1. The minimum atomic E-state index is -0.910. The molecular formula is C19H20ClNO5. The average Bonchev–Trinajstić information content (AvgIpc) is 2.67. The SMILES string of the molecule is COC(=O)C(=O)c1ccc(OCCN2CCOCC2)c2ccc(Cl)cc12. The van der Waals surface area contributed by atoms with Gasteiger partial charge in [-0.05, 0) is 35.7 Å². The maximum absolute atomic E-state index is 12.3. The molecule has 0 aliphatic carbocycles. The second kappa shape index (κ2) is 8.49. The van der Waals surface area contributed by atoms with Crippen molar-refractivity contribution in [2.75, 3.05) is 46.6 Å². The second-order valence-electron chi connectivity index (χ2n) is 5.92. The monoisotopic (exact) mass is 377 g/mol. The van der Waals surface area contributed by atoms with E-state index in [0.29, 0.717) is 22.8 Å². The minimum absolute atomic E-state index is 0.245. The number of hydrogen-bond donors (Lipinski definition) is 0. The predicted molar refractivity (Wildman–Crippen MR) is 98.1 cm³/mol. The van der Waals surface area contributed by atoms with Crippen LogP contribution < -0.4 is 4.74 Å². The van der Waals surface area contributed by atoms with Gasteiger partial charge < -0.3 is 14.2 Å². The summed E-state index contributed by atoms with van der Waals surface area (Å²) in [5.41, 5.74) is 0.245. The van der Waals surface area contributed by atoms with E-state index < -0.39 is 11.8 Å². The van der Waals surface area contributed by atoms with Crippen LogP contribution in [-0.2, 0) is 14.3 Å². The molecule has 0 bridgehead atoms. The zero-order valence-electron chi connectivity index (χ0n) is 14.5. The second-order valence-corrected chi connectivity index (χ2v) is 6.36. The number of rotatable bonds is 6. The molecule has 1 fully saturated rings. The first kappa shape index (κ1) is 18.6. The van der Waals surface area contributed by atoms with Crippen LogP contribution in [0.1, 0.15) is 10.4 Å².